The van der Waals surface area contributed by atoms with Crippen LogP contribution >= 0.6 is 33.3 Å². The zero-order chi connectivity index (χ0) is 7.28. The van der Waals surface area contributed by atoms with E-state index in [1.807, 2.05) is 33.3 Å². The summed E-state index contributed by atoms with van der Waals surface area (Å²) >= 11 is 1.94. The van der Waals surface area contributed by atoms with Gasteiger partial charge in [0.1, 0.15) is 0 Å². The van der Waals surface area contributed by atoms with Crippen molar-refractivity contribution >= 4 is 33.3 Å². The molecule has 0 fully saturated rings. The quantitative estimate of drug-likeness (QED) is 0.483. The summed E-state index contributed by atoms with van der Waals surface area (Å²) in [6.45, 7) is 4.54. The topological polar surface area (TPSA) is 0 Å². The zero-order valence-electron chi connectivity index (χ0n) is 6.38. The minimum Gasteiger partial charge on any atom is -0.150 e. The van der Waals surface area contributed by atoms with Gasteiger partial charge in [0.05, 0.1) is 4.58 Å². The number of thioether (sulfide) groups is 1. The van der Waals surface area contributed by atoms with Crippen molar-refractivity contribution in [3.63, 3.8) is 0 Å². The summed E-state index contributed by atoms with van der Waals surface area (Å²) in [6.07, 6.45) is 4.31. The summed E-state index contributed by atoms with van der Waals surface area (Å²) in [5.74, 6) is 0.789. The van der Waals surface area contributed by atoms with Crippen LogP contribution in [-0.2, 0) is 0 Å². The third kappa shape index (κ3) is 4.45. The lowest BCUT2D eigenvalue weighted by Gasteiger charge is -2.15. The van der Waals surface area contributed by atoms with Crippen LogP contribution in [0, 0.1) is 5.92 Å². The standard InChI is InChI=1S/C6H14S3/c1-5(2)6(7-3)9-8-4/h5-6H,1-4H3. The molecule has 9 heavy (non-hydrogen) atoms. The average Bonchev–Trinajstić information content (AvgIpc) is 1.82. The first-order valence-corrected chi connectivity index (χ1v) is 6.85. The molecule has 0 aromatic rings. The molecule has 0 heterocycles. The normalized spacial score (nSPS) is 14.3. The van der Waals surface area contributed by atoms with Crippen molar-refractivity contribution < 1.29 is 0 Å². The molecule has 0 rings (SSSR count). The van der Waals surface area contributed by atoms with E-state index in [4.69, 9.17) is 0 Å². The Balaban J connectivity index is 3.41. The molecule has 0 aromatic carbocycles. The molecule has 56 valence electrons. The molecule has 0 N–H and O–H groups in total. The van der Waals surface area contributed by atoms with Crippen molar-refractivity contribution in [2.24, 2.45) is 5.92 Å². The van der Waals surface area contributed by atoms with Gasteiger partial charge in [-0.15, -0.1) is 11.8 Å². The van der Waals surface area contributed by atoms with Crippen molar-refractivity contribution in [1.82, 2.24) is 0 Å². The molecule has 0 saturated heterocycles. The van der Waals surface area contributed by atoms with Crippen molar-refractivity contribution in [1.29, 1.82) is 0 Å². The van der Waals surface area contributed by atoms with Gasteiger partial charge in [-0.3, -0.25) is 0 Å². The van der Waals surface area contributed by atoms with Crippen LogP contribution in [0.5, 0.6) is 0 Å². The van der Waals surface area contributed by atoms with Gasteiger partial charge in [-0.2, -0.15) is 0 Å². The van der Waals surface area contributed by atoms with Crippen LogP contribution in [0.2, 0.25) is 0 Å². The fraction of sp³-hybridized carbons (Fsp3) is 1.00. The molecule has 0 nitrogen and oxygen atoms in total. The Hall–Kier alpha value is 1.05. The Labute approximate surface area is 70.3 Å². The average molecular weight is 182 g/mol. The van der Waals surface area contributed by atoms with E-state index in [1.54, 1.807) is 0 Å². The zero-order valence-corrected chi connectivity index (χ0v) is 8.83. The summed E-state index contributed by atoms with van der Waals surface area (Å²) in [6, 6.07) is 0. The maximum atomic E-state index is 2.27. The second-order valence-electron chi connectivity index (χ2n) is 2.11. The molecule has 0 aliphatic heterocycles. The van der Waals surface area contributed by atoms with E-state index in [0.717, 1.165) is 10.5 Å². The fourth-order valence-corrected chi connectivity index (χ4v) is 4.44. The molecule has 0 amide bonds. The molecule has 0 spiro atoms. The van der Waals surface area contributed by atoms with Crippen LogP contribution < -0.4 is 0 Å². The summed E-state index contributed by atoms with van der Waals surface area (Å²) in [7, 11) is 3.82. The van der Waals surface area contributed by atoms with E-state index in [0.29, 0.717) is 0 Å². The van der Waals surface area contributed by atoms with Gasteiger partial charge < -0.3 is 0 Å². The molecule has 0 bridgehead atoms. The van der Waals surface area contributed by atoms with Gasteiger partial charge in [0.25, 0.3) is 0 Å². The molecule has 0 aromatic heterocycles. The highest BCUT2D eigenvalue weighted by molar-refractivity contribution is 8.78. The van der Waals surface area contributed by atoms with Gasteiger partial charge in [-0.25, -0.2) is 0 Å². The Morgan fingerprint density at radius 2 is 1.67 bits per heavy atom. The van der Waals surface area contributed by atoms with Gasteiger partial charge in [0.2, 0.25) is 0 Å². The highest BCUT2D eigenvalue weighted by Crippen LogP contribution is 2.35. The summed E-state index contributed by atoms with van der Waals surface area (Å²) in [4.78, 5) is 0. The van der Waals surface area contributed by atoms with Crippen molar-refractivity contribution in [3.05, 3.63) is 0 Å². The van der Waals surface area contributed by atoms with Crippen LogP contribution in [0.25, 0.3) is 0 Å². The van der Waals surface area contributed by atoms with E-state index in [-0.39, 0.29) is 0 Å². The molecular formula is C6H14S3. The number of rotatable bonds is 4. The second kappa shape index (κ2) is 5.81. The van der Waals surface area contributed by atoms with Gasteiger partial charge in [0.15, 0.2) is 0 Å². The lowest BCUT2D eigenvalue weighted by Crippen LogP contribution is -2.03. The second-order valence-corrected chi connectivity index (χ2v) is 6.00. The molecular weight excluding hydrogens is 168 g/mol. The smallest absolute Gasteiger partial charge is 0.0626 e. The minimum absolute atomic E-state index is 0.764. The van der Waals surface area contributed by atoms with Gasteiger partial charge in [-0.05, 0) is 18.4 Å². The van der Waals surface area contributed by atoms with Gasteiger partial charge in [0, 0.05) is 0 Å². The van der Waals surface area contributed by atoms with Gasteiger partial charge in [-0.1, -0.05) is 35.4 Å². The van der Waals surface area contributed by atoms with Crippen LogP contribution in [0.3, 0.4) is 0 Å². The Kier molecular flexibility index (Phi) is 6.48. The van der Waals surface area contributed by atoms with Crippen LogP contribution in [0.15, 0.2) is 0 Å². The first kappa shape index (κ1) is 10.0. The monoisotopic (exact) mass is 182 g/mol. The van der Waals surface area contributed by atoms with E-state index >= 15 is 0 Å². The van der Waals surface area contributed by atoms with Crippen LogP contribution in [0.4, 0.5) is 0 Å². The van der Waals surface area contributed by atoms with Crippen molar-refractivity contribution in [3.8, 4) is 0 Å². The number of hydrogen-bond acceptors (Lipinski definition) is 3. The number of hydrogen-bond donors (Lipinski definition) is 0. The van der Waals surface area contributed by atoms with Crippen molar-refractivity contribution in [2.45, 2.75) is 18.4 Å². The first-order valence-electron chi connectivity index (χ1n) is 2.94. The maximum absolute atomic E-state index is 2.27. The van der Waals surface area contributed by atoms with E-state index < -0.39 is 0 Å². The predicted molar refractivity (Wildman–Crippen MR) is 53.2 cm³/mol. The molecule has 0 saturated carbocycles. The fourth-order valence-electron chi connectivity index (χ4n) is 0.517. The summed E-state index contributed by atoms with van der Waals surface area (Å²) in [5.41, 5.74) is 0. The highest BCUT2D eigenvalue weighted by atomic mass is 33.1. The molecule has 3 heteroatoms. The lowest BCUT2D eigenvalue weighted by atomic mass is 10.3. The van der Waals surface area contributed by atoms with E-state index in [9.17, 15) is 0 Å². The third-order valence-electron chi connectivity index (χ3n) is 0.968. The van der Waals surface area contributed by atoms with E-state index in [1.165, 1.54) is 0 Å². The Morgan fingerprint density at radius 1 is 1.11 bits per heavy atom. The largest absolute Gasteiger partial charge is 0.150 e. The third-order valence-corrected chi connectivity index (χ3v) is 5.33. The molecule has 1 atom stereocenters. The summed E-state index contributed by atoms with van der Waals surface area (Å²) in [5, 5.41) is 0. The predicted octanol–water partition coefficient (Wildman–Crippen LogP) is 3.34. The van der Waals surface area contributed by atoms with Gasteiger partial charge >= 0.3 is 0 Å². The SMILES string of the molecule is CSSC(SC)C(C)C. The van der Waals surface area contributed by atoms with Crippen LogP contribution in [0.1, 0.15) is 13.8 Å². The molecule has 0 radical (unpaired) electrons. The molecule has 0 aliphatic rings. The molecule has 1 unspecified atom stereocenters. The molecule has 0 aliphatic carbocycles. The Bertz CT molecular complexity index is 63.3. The Morgan fingerprint density at radius 3 is 1.78 bits per heavy atom. The first-order chi connectivity index (χ1) is 4.22. The van der Waals surface area contributed by atoms with Crippen LogP contribution in [-0.4, -0.2) is 17.1 Å². The lowest BCUT2D eigenvalue weighted by molar-refractivity contribution is 0.723. The highest BCUT2D eigenvalue weighted by Gasteiger charge is 2.10. The maximum Gasteiger partial charge on any atom is 0.0626 e. The van der Waals surface area contributed by atoms with Crippen molar-refractivity contribution in [2.75, 3.05) is 12.5 Å². The van der Waals surface area contributed by atoms with E-state index in [2.05, 4.69) is 26.4 Å². The minimum atomic E-state index is 0.764. The summed E-state index contributed by atoms with van der Waals surface area (Å²) < 4.78 is 0.764.